The Kier molecular flexibility index (Phi) is 4.99. The van der Waals surface area contributed by atoms with Crippen LogP contribution in [0.5, 0.6) is 0 Å². The second-order valence-electron chi connectivity index (χ2n) is 6.03. The van der Waals surface area contributed by atoms with E-state index in [0.29, 0.717) is 17.8 Å². The molecule has 1 fully saturated rings. The Bertz CT molecular complexity index is 265. The highest BCUT2D eigenvalue weighted by atomic mass is 16.5. The second-order valence-corrected chi connectivity index (χ2v) is 6.03. The first-order valence-corrected chi connectivity index (χ1v) is 6.75. The maximum absolute atomic E-state index is 12.2. The standard InChI is InChI=1S/C14H27NO2/c1-10(2)9-15-14(13(16)17-5)8-11(3)6-7-12(14)4/h10-12,15H,6-9H2,1-5H3. The average molecular weight is 241 g/mol. The van der Waals surface area contributed by atoms with Crippen LogP contribution in [0.3, 0.4) is 0 Å². The number of methoxy groups -OCH3 is 1. The van der Waals surface area contributed by atoms with Gasteiger partial charge in [0.15, 0.2) is 0 Å². The van der Waals surface area contributed by atoms with Gasteiger partial charge in [-0.1, -0.05) is 34.1 Å². The molecule has 3 unspecified atom stereocenters. The van der Waals surface area contributed by atoms with Crippen molar-refractivity contribution in [2.45, 2.75) is 52.5 Å². The number of carbonyl (C=O) groups excluding carboxylic acids is 1. The molecule has 0 aromatic heterocycles. The summed E-state index contributed by atoms with van der Waals surface area (Å²) >= 11 is 0. The molecule has 1 saturated carbocycles. The summed E-state index contributed by atoms with van der Waals surface area (Å²) in [7, 11) is 1.49. The van der Waals surface area contributed by atoms with Crippen LogP contribution in [0.4, 0.5) is 0 Å². The SMILES string of the molecule is COC(=O)C1(NCC(C)C)CC(C)CCC1C. The first kappa shape index (κ1) is 14.5. The molecule has 1 aliphatic carbocycles. The summed E-state index contributed by atoms with van der Waals surface area (Å²) in [6.45, 7) is 9.58. The minimum Gasteiger partial charge on any atom is -0.468 e. The maximum atomic E-state index is 12.2. The Labute approximate surface area is 105 Å². The zero-order valence-electron chi connectivity index (χ0n) is 11.9. The normalized spacial score (nSPS) is 33.8. The summed E-state index contributed by atoms with van der Waals surface area (Å²) in [5, 5.41) is 3.49. The summed E-state index contributed by atoms with van der Waals surface area (Å²) in [5.41, 5.74) is -0.462. The van der Waals surface area contributed by atoms with Crippen molar-refractivity contribution >= 4 is 5.97 Å². The van der Waals surface area contributed by atoms with Crippen molar-refractivity contribution in [1.29, 1.82) is 0 Å². The van der Waals surface area contributed by atoms with Crippen LogP contribution in [0, 0.1) is 17.8 Å². The fraction of sp³-hybridized carbons (Fsp3) is 0.929. The monoisotopic (exact) mass is 241 g/mol. The molecular weight excluding hydrogens is 214 g/mol. The highest BCUT2D eigenvalue weighted by Gasteiger charge is 2.47. The zero-order chi connectivity index (χ0) is 13.1. The molecule has 0 aliphatic heterocycles. The van der Waals surface area contributed by atoms with E-state index in [2.05, 4.69) is 33.0 Å². The van der Waals surface area contributed by atoms with Crippen molar-refractivity contribution in [2.24, 2.45) is 17.8 Å². The van der Waals surface area contributed by atoms with E-state index in [1.807, 2.05) is 0 Å². The third kappa shape index (κ3) is 3.21. The summed E-state index contributed by atoms with van der Waals surface area (Å²) in [6, 6.07) is 0. The predicted molar refractivity (Wildman–Crippen MR) is 69.8 cm³/mol. The van der Waals surface area contributed by atoms with Gasteiger partial charge in [-0.2, -0.15) is 0 Å². The highest BCUT2D eigenvalue weighted by molar-refractivity contribution is 5.81. The van der Waals surface area contributed by atoms with Crippen molar-refractivity contribution in [3.8, 4) is 0 Å². The molecule has 0 spiro atoms. The largest absolute Gasteiger partial charge is 0.468 e. The molecule has 100 valence electrons. The molecule has 3 nitrogen and oxygen atoms in total. The van der Waals surface area contributed by atoms with Gasteiger partial charge in [0, 0.05) is 0 Å². The third-order valence-corrected chi connectivity index (χ3v) is 3.98. The number of nitrogens with one attached hydrogen (secondary N) is 1. The minimum atomic E-state index is -0.462. The van der Waals surface area contributed by atoms with Crippen molar-refractivity contribution < 1.29 is 9.53 Å². The van der Waals surface area contributed by atoms with Gasteiger partial charge in [0.25, 0.3) is 0 Å². The van der Waals surface area contributed by atoms with E-state index in [0.717, 1.165) is 19.4 Å². The molecule has 0 amide bonds. The minimum absolute atomic E-state index is 0.0859. The molecule has 1 aliphatic rings. The van der Waals surface area contributed by atoms with E-state index in [4.69, 9.17) is 4.74 Å². The van der Waals surface area contributed by atoms with Crippen LogP contribution in [-0.4, -0.2) is 25.2 Å². The van der Waals surface area contributed by atoms with Crippen LogP contribution in [0.25, 0.3) is 0 Å². The van der Waals surface area contributed by atoms with Crippen LogP contribution >= 0.6 is 0 Å². The maximum Gasteiger partial charge on any atom is 0.326 e. The lowest BCUT2D eigenvalue weighted by Gasteiger charge is -2.43. The second kappa shape index (κ2) is 5.85. The Hall–Kier alpha value is -0.570. The molecule has 1 N–H and O–H groups in total. The molecule has 0 saturated heterocycles. The summed E-state index contributed by atoms with van der Waals surface area (Å²) in [5.74, 6) is 1.40. The first-order chi connectivity index (χ1) is 7.92. The van der Waals surface area contributed by atoms with Crippen LogP contribution < -0.4 is 5.32 Å². The Morgan fingerprint density at radius 2 is 2.06 bits per heavy atom. The summed E-state index contributed by atoms with van der Waals surface area (Å²) < 4.78 is 5.04. The molecule has 0 bridgehead atoms. The van der Waals surface area contributed by atoms with E-state index in [-0.39, 0.29) is 5.97 Å². The lowest BCUT2D eigenvalue weighted by Crippen LogP contribution is -2.60. The zero-order valence-corrected chi connectivity index (χ0v) is 11.9. The van der Waals surface area contributed by atoms with Crippen LogP contribution in [0.2, 0.25) is 0 Å². The topological polar surface area (TPSA) is 38.3 Å². The molecule has 0 aromatic carbocycles. The number of rotatable bonds is 4. The van der Waals surface area contributed by atoms with Gasteiger partial charge < -0.3 is 10.1 Å². The smallest absolute Gasteiger partial charge is 0.326 e. The van der Waals surface area contributed by atoms with Crippen molar-refractivity contribution in [3.05, 3.63) is 0 Å². The van der Waals surface area contributed by atoms with Crippen molar-refractivity contribution in [1.82, 2.24) is 5.32 Å². The summed E-state index contributed by atoms with van der Waals surface area (Å²) in [4.78, 5) is 12.2. The van der Waals surface area contributed by atoms with E-state index in [1.165, 1.54) is 13.5 Å². The fourth-order valence-electron chi connectivity index (χ4n) is 2.81. The average Bonchev–Trinajstić information content (AvgIpc) is 2.29. The van der Waals surface area contributed by atoms with Gasteiger partial charge in [-0.25, -0.2) is 0 Å². The van der Waals surface area contributed by atoms with Crippen LogP contribution in [-0.2, 0) is 9.53 Å². The van der Waals surface area contributed by atoms with Gasteiger partial charge >= 0.3 is 5.97 Å². The number of hydrogen-bond acceptors (Lipinski definition) is 3. The fourth-order valence-corrected chi connectivity index (χ4v) is 2.81. The number of carbonyl (C=O) groups is 1. The highest BCUT2D eigenvalue weighted by Crippen LogP contribution is 2.37. The van der Waals surface area contributed by atoms with Gasteiger partial charge in [-0.3, -0.25) is 4.79 Å². The lowest BCUT2D eigenvalue weighted by atomic mass is 9.69. The van der Waals surface area contributed by atoms with E-state index < -0.39 is 5.54 Å². The van der Waals surface area contributed by atoms with E-state index in [1.54, 1.807) is 0 Å². The molecule has 1 rings (SSSR count). The van der Waals surface area contributed by atoms with Crippen molar-refractivity contribution in [2.75, 3.05) is 13.7 Å². The molecular formula is C14H27NO2. The summed E-state index contributed by atoms with van der Waals surface area (Å²) in [6.07, 6.45) is 3.21. The molecule has 3 atom stereocenters. The van der Waals surface area contributed by atoms with Gasteiger partial charge in [-0.05, 0) is 37.1 Å². The van der Waals surface area contributed by atoms with Crippen molar-refractivity contribution in [3.63, 3.8) is 0 Å². The molecule has 0 radical (unpaired) electrons. The Morgan fingerprint density at radius 3 is 2.59 bits per heavy atom. The molecule has 3 heteroatoms. The Balaban J connectivity index is 2.86. The quantitative estimate of drug-likeness (QED) is 0.769. The van der Waals surface area contributed by atoms with Gasteiger partial charge in [0.2, 0.25) is 0 Å². The van der Waals surface area contributed by atoms with Crippen LogP contribution in [0.1, 0.15) is 47.0 Å². The van der Waals surface area contributed by atoms with Crippen LogP contribution in [0.15, 0.2) is 0 Å². The van der Waals surface area contributed by atoms with E-state index in [9.17, 15) is 4.79 Å². The van der Waals surface area contributed by atoms with Gasteiger partial charge in [0.1, 0.15) is 5.54 Å². The first-order valence-electron chi connectivity index (χ1n) is 6.75. The molecule has 0 heterocycles. The van der Waals surface area contributed by atoms with Gasteiger partial charge in [-0.15, -0.1) is 0 Å². The Morgan fingerprint density at radius 1 is 1.41 bits per heavy atom. The number of ether oxygens (including phenoxy) is 1. The molecule has 17 heavy (non-hydrogen) atoms. The third-order valence-electron chi connectivity index (χ3n) is 3.98. The predicted octanol–water partition coefficient (Wildman–Crippen LogP) is 2.60. The molecule has 0 aromatic rings. The lowest BCUT2D eigenvalue weighted by molar-refractivity contribution is -0.153. The number of hydrogen-bond donors (Lipinski definition) is 1. The van der Waals surface area contributed by atoms with Gasteiger partial charge in [0.05, 0.1) is 7.11 Å². The number of esters is 1. The van der Waals surface area contributed by atoms with E-state index >= 15 is 0 Å².